The van der Waals surface area contributed by atoms with Crippen LogP contribution < -0.4 is 25.7 Å². The molecule has 0 fully saturated rings. The number of aromatic nitrogens is 4. The molecule has 3 aromatic carbocycles. The third kappa shape index (κ3) is 8.26. The van der Waals surface area contributed by atoms with E-state index < -0.39 is 20.4 Å². The summed E-state index contributed by atoms with van der Waals surface area (Å²) in [6.07, 6.45) is 3.40. The molecule has 5 aromatic rings. The van der Waals surface area contributed by atoms with Crippen LogP contribution in [0.1, 0.15) is 62.9 Å². The number of amides is 1. The Bertz CT molecular complexity index is 1930. The van der Waals surface area contributed by atoms with Crippen LogP contribution in [0.5, 0.6) is 5.75 Å². The molecule has 1 amide bonds. The topological polar surface area (TPSA) is 139 Å². The first kappa shape index (κ1) is 38.0. The number of benzene rings is 3. The average molecular weight is 725 g/mol. The molecular weight excluding hydrogens is 677 g/mol. The molecule has 1 atom stereocenters. The summed E-state index contributed by atoms with van der Waals surface area (Å²) in [7, 11) is 1.43. The largest absolute Gasteiger partial charge is 0.496 e. The number of esters is 1. The Hall–Kier alpha value is -5.27. The van der Waals surface area contributed by atoms with Gasteiger partial charge in [-0.1, -0.05) is 101 Å². The molecule has 2 heterocycles. The van der Waals surface area contributed by atoms with Crippen LogP contribution in [0.2, 0.25) is 5.04 Å². The molecule has 0 aliphatic heterocycles. The maximum Gasteiger partial charge on any atom is 0.413 e. The van der Waals surface area contributed by atoms with E-state index >= 15 is 0 Å². The van der Waals surface area contributed by atoms with Crippen LogP contribution in [-0.2, 0) is 20.4 Å². The maximum atomic E-state index is 12.2. The molecule has 0 saturated carbocycles. The fourth-order valence-electron chi connectivity index (χ4n) is 6.65. The minimum atomic E-state index is -2.74. The van der Waals surface area contributed by atoms with E-state index in [9.17, 15) is 9.59 Å². The van der Waals surface area contributed by atoms with Crippen molar-refractivity contribution < 1.29 is 28.2 Å². The van der Waals surface area contributed by atoms with Crippen LogP contribution in [0, 0.1) is 0 Å². The Labute approximate surface area is 306 Å². The second kappa shape index (κ2) is 16.8. The maximum absolute atomic E-state index is 12.2. The van der Waals surface area contributed by atoms with E-state index in [0.29, 0.717) is 47.7 Å². The highest BCUT2D eigenvalue weighted by molar-refractivity contribution is 6.99. The highest BCUT2D eigenvalue weighted by atomic mass is 28.4. The van der Waals surface area contributed by atoms with Crippen molar-refractivity contribution in [3.05, 3.63) is 96.2 Å². The number of hydrogen-bond donors (Lipinski definition) is 2. The smallest absolute Gasteiger partial charge is 0.413 e. The van der Waals surface area contributed by atoms with Gasteiger partial charge >= 0.3 is 12.1 Å². The van der Waals surface area contributed by atoms with E-state index in [0.717, 1.165) is 18.4 Å². The summed E-state index contributed by atoms with van der Waals surface area (Å²) in [5, 5.41) is 13.2. The second-order valence-electron chi connectivity index (χ2n) is 13.5. The molecule has 0 unspecified atom stereocenters. The van der Waals surface area contributed by atoms with Gasteiger partial charge in [0.15, 0.2) is 5.82 Å². The van der Waals surface area contributed by atoms with Gasteiger partial charge in [-0.25, -0.2) is 14.6 Å². The normalized spacial score (nSPS) is 12.3. The first-order valence-electron chi connectivity index (χ1n) is 17.4. The van der Waals surface area contributed by atoms with E-state index in [1.54, 1.807) is 30.1 Å². The molecule has 0 aliphatic carbocycles. The molecule has 52 heavy (non-hydrogen) atoms. The average Bonchev–Trinajstić information content (AvgIpc) is 3.55. The van der Waals surface area contributed by atoms with Gasteiger partial charge in [-0.2, -0.15) is 10.1 Å². The molecule has 0 radical (unpaired) electrons. The molecule has 0 spiro atoms. The van der Waals surface area contributed by atoms with Crippen LogP contribution in [0.3, 0.4) is 0 Å². The minimum absolute atomic E-state index is 0.0375. The summed E-state index contributed by atoms with van der Waals surface area (Å²) >= 11 is 0. The predicted molar refractivity (Wildman–Crippen MR) is 205 cm³/mol. The zero-order valence-corrected chi connectivity index (χ0v) is 31.9. The van der Waals surface area contributed by atoms with Gasteiger partial charge in [0, 0.05) is 18.2 Å². The van der Waals surface area contributed by atoms with Crippen molar-refractivity contribution >= 4 is 53.6 Å². The lowest BCUT2D eigenvalue weighted by molar-refractivity contribution is 0.0600. The number of methoxy groups -OCH3 is 3. The van der Waals surface area contributed by atoms with Gasteiger partial charge in [-0.3, -0.25) is 10.00 Å². The molecular formula is C39H48N6O6Si. The zero-order valence-electron chi connectivity index (χ0n) is 30.9. The molecule has 0 bridgehead atoms. The van der Waals surface area contributed by atoms with E-state index in [1.807, 2.05) is 18.2 Å². The second-order valence-corrected chi connectivity index (χ2v) is 17.8. The van der Waals surface area contributed by atoms with Crippen LogP contribution in [0.15, 0.2) is 85.1 Å². The summed E-state index contributed by atoms with van der Waals surface area (Å²) in [6.45, 7) is 9.77. The third-order valence-electron chi connectivity index (χ3n) is 9.10. The van der Waals surface area contributed by atoms with Gasteiger partial charge in [0.2, 0.25) is 5.95 Å². The highest BCUT2D eigenvalue weighted by Crippen LogP contribution is 2.37. The quantitative estimate of drug-likeness (QED) is 0.0922. The monoisotopic (exact) mass is 724 g/mol. The Morgan fingerprint density at radius 1 is 0.885 bits per heavy atom. The number of ether oxygens (including phenoxy) is 3. The number of nitrogens with one attached hydrogen (secondary N) is 2. The first-order chi connectivity index (χ1) is 25.0. The van der Waals surface area contributed by atoms with E-state index in [1.165, 1.54) is 24.6 Å². The summed E-state index contributed by atoms with van der Waals surface area (Å²) in [6, 6.07) is 26.3. The molecule has 12 nitrogen and oxygen atoms in total. The molecule has 274 valence electrons. The van der Waals surface area contributed by atoms with Gasteiger partial charge in [-0.15, -0.1) is 0 Å². The van der Waals surface area contributed by atoms with E-state index in [-0.39, 0.29) is 17.0 Å². The SMILES string of the molecule is CCC[C@@H](CCO[Si](c1ccccc1)(c1ccccc1)C(C)(C)C)Nc1nc(NC(=O)OC)nc2cnn(Cc3ccc(C(=O)OC)cc3OC)c12. The predicted octanol–water partition coefficient (Wildman–Crippen LogP) is 6.40. The highest BCUT2D eigenvalue weighted by Gasteiger charge is 2.50. The fraction of sp³-hybridized carbons (Fsp3) is 0.359. The van der Waals surface area contributed by atoms with Gasteiger partial charge in [-0.05, 0) is 40.4 Å². The molecule has 0 aliphatic rings. The van der Waals surface area contributed by atoms with Crippen molar-refractivity contribution in [2.75, 3.05) is 38.6 Å². The summed E-state index contributed by atoms with van der Waals surface area (Å²) in [5.74, 6) is 0.638. The van der Waals surface area contributed by atoms with Gasteiger partial charge in [0.05, 0.1) is 39.6 Å². The van der Waals surface area contributed by atoms with Crippen molar-refractivity contribution in [1.29, 1.82) is 0 Å². The molecule has 13 heteroatoms. The Kier molecular flexibility index (Phi) is 12.3. The number of nitrogens with zero attached hydrogens (tertiary/aromatic N) is 4. The number of carbonyl (C=O) groups excluding carboxylic acids is 2. The minimum Gasteiger partial charge on any atom is -0.496 e. The van der Waals surface area contributed by atoms with Crippen molar-refractivity contribution in [1.82, 2.24) is 19.7 Å². The number of carbonyl (C=O) groups is 2. The van der Waals surface area contributed by atoms with Crippen LogP contribution in [-0.4, -0.2) is 74.1 Å². The zero-order chi connectivity index (χ0) is 37.3. The fourth-order valence-corrected chi connectivity index (χ4v) is 11.2. The lowest BCUT2D eigenvalue weighted by atomic mass is 10.1. The van der Waals surface area contributed by atoms with Crippen LogP contribution >= 0.6 is 0 Å². The number of hydrogen-bond acceptors (Lipinski definition) is 10. The Morgan fingerprint density at radius 3 is 2.13 bits per heavy atom. The van der Waals surface area contributed by atoms with Crippen molar-refractivity contribution in [2.45, 2.75) is 64.6 Å². The van der Waals surface area contributed by atoms with Crippen LogP contribution in [0.4, 0.5) is 16.6 Å². The molecule has 2 aromatic heterocycles. The molecule has 0 saturated heterocycles. The Morgan fingerprint density at radius 2 is 1.56 bits per heavy atom. The summed E-state index contributed by atoms with van der Waals surface area (Å²) in [5.41, 5.74) is 2.32. The lowest BCUT2D eigenvalue weighted by Crippen LogP contribution is -2.66. The van der Waals surface area contributed by atoms with Crippen molar-refractivity contribution in [3.63, 3.8) is 0 Å². The van der Waals surface area contributed by atoms with Crippen molar-refractivity contribution in [2.24, 2.45) is 0 Å². The van der Waals surface area contributed by atoms with Crippen molar-refractivity contribution in [3.8, 4) is 5.75 Å². The third-order valence-corrected chi connectivity index (χ3v) is 14.1. The number of anilines is 2. The van der Waals surface area contributed by atoms with Gasteiger partial charge < -0.3 is 24.0 Å². The van der Waals surface area contributed by atoms with Crippen LogP contribution in [0.25, 0.3) is 11.0 Å². The van der Waals surface area contributed by atoms with E-state index in [2.05, 4.69) is 96.9 Å². The molecule has 5 rings (SSSR count). The standard InChI is InChI=1S/C39H48N6O6Si/c1-8-15-29(22-23-51-52(39(2,3)4,30-16-11-9-12-17-30)31-18-13-10-14-19-31)41-35-34-32(42-37(43-35)44-38(47)50-7)25-40-45(34)26-28-21-20-27(36(46)49-6)24-33(28)48-5/h9-14,16-21,24-25,29H,8,15,22-23,26H2,1-7H3,(H2,41,42,43,44,47)/t29-/m0/s1. The Balaban J connectivity index is 1.49. The number of fused-ring (bicyclic) bond motifs is 1. The first-order valence-corrected chi connectivity index (χ1v) is 19.3. The number of rotatable bonds is 15. The lowest BCUT2D eigenvalue weighted by Gasteiger charge is -2.43. The molecule has 2 N–H and O–H groups in total. The van der Waals surface area contributed by atoms with Gasteiger partial charge in [0.25, 0.3) is 8.32 Å². The van der Waals surface area contributed by atoms with E-state index in [4.69, 9.17) is 23.6 Å². The van der Waals surface area contributed by atoms with Gasteiger partial charge in [0.1, 0.15) is 16.8 Å². The summed E-state index contributed by atoms with van der Waals surface area (Å²) < 4.78 is 24.4. The summed E-state index contributed by atoms with van der Waals surface area (Å²) in [4.78, 5) is 33.7.